The van der Waals surface area contributed by atoms with Gasteiger partial charge in [-0.2, -0.15) is 9.78 Å². The highest BCUT2D eigenvalue weighted by molar-refractivity contribution is 7.13. The Morgan fingerprint density at radius 3 is 2.88 bits per heavy atom. The topological polar surface area (TPSA) is 136 Å². The van der Waals surface area contributed by atoms with Gasteiger partial charge >= 0.3 is 0 Å². The average Bonchev–Trinajstić information content (AvgIpc) is 3.54. The number of H-pyrrole nitrogens is 1. The number of nitro groups is 1. The third-order valence-corrected chi connectivity index (χ3v) is 6.48. The molecule has 33 heavy (non-hydrogen) atoms. The van der Waals surface area contributed by atoms with E-state index in [1.54, 1.807) is 6.07 Å². The number of anilines is 1. The Kier molecular flexibility index (Phi) is 5.27. The van der Waals surface area contributed by atoms with E-state index in [0.717, 1.165) is 17.4 Å². The molecule has 1 aromatic carbocycles. The number of hydrogen-bond acceptors (Lipinski definition) is 7. The summed E-state index contributed by atoms with van der Waals surface area (Å²) in [5.41, 5.74) is 1.38. The smallest absolute Gasteiger partial charge is 0.270 e. The van der Waals surface area contributed by atoms with Crippen LogP contribution in [0.5, 0.6) is 0 Å². The van der Waals surface area contributed by atoms with E-state index in [1.165, 1.54) is 28.2 Å². The molecule has 3 heterocycles. The number of aromatic amines is 1. The van der Waals surface area contributed by atoms with Gasteiger partial charge in [0.05, 0.1) is 26.1 Å². The summed E-state index contributed by atoms with van der Waals surface area (Å²) in [6, 6.07) is 9.01. The molecule has 0 unspecified atom stereocenters. The fraction of sp³-hybridized carbons (Fsp3) is 0.143. The van der Waals surface area contributed by atoms with Crippen LogP contribution in [0.2, 0.25) is 5.02 Å². The number of carbonyl (C=O) groups excluding carboxylic acids is 1. The van der Waals surface area contributed by atoms with Crippen LogP contribution in [0, 0.1) is 10.1 Å². The molecule has 0 saturated carbocycles. The number of amides is 1. The number of rotatable bonds is 5. The number of thiophene rings is 1. The Labute approximate surface area is 195 Å². The normalized spacial score (nSPS) is 12.5. The summed E-state index contributed by atoms with van der Waals surface area (Å²) in [6.45, 7) is 0. The summed E-state index contributed by atoms with van der Waals surface area (Å²) in [7, 11) is 0. The van der Waals surface area contributed by atoms with Crippen molar-refractivity contribution < 1.29 is 9.72 Å². The van der Waals surface area contributed by atoms with E-state index >= 15 is 0 Å². The van der Waals surface area contributed by atoms with Crippen LogP contribution < -0.4 is 10.9 Å². The summed E-state index contributed by atoms with van der Waals surface area (Å²) in [5.74, 6) is -0.262. The Morgan fingerprint density at radius 1 is 1.27 bits per heavy atom. The van der Waals surface area contributed by atoms with Gasteiger partial charge in [0, 0.05) is 23.8 Å². The zero-order valence-corrected chi connectivity index (χ0v) is 18.4. The van der Waals surface area contributed by atoms with E-state index < -0.39 is 10.8 Å². The number of benzene rings is 1. The van der Waals surface area contributed by atoms with Crippen molar-refractivity contribution in [3.05, 3.63) is 84.1 Å². The standard InChI is InChI=1S/C21H15ClN6O4S/c22-14-7-6-11(28(31)32)9-13(14)20(30)24-18-10-16(17-5-2-8-33-17)26-27(18)21-23-15-4-1-3-12(15)19(29)25-21/h2,5-10H,1,3-4H2,(H,24,30)(H,23,25,29). The lowest BCUT2D eigenvalue weighted by molar-refractivity contribution is -0.384. The predicted octanol–water partition coefficient (Wildman–Crippen LogP) is 3.99. The highest BCUT2D eigenvalue weighted by Gasteiger charge is 2.22. The van der Waals surface area contributed by atoms with E-state index in [4.69, 9.17) is 11.6 Å². The van der Waals surface area contributed by atoms with Crippen molar-refractivity contribution in [2.45, 2.75) is 19.3 Å². The molecule has 166 valence electrons. The highest BCUT2D eigenvalue weighted by Crippen LogP contribution is 2.29. The first-order valence-corrected chi connectivity index (χ1v) is 11.2. The molecule has 4 aromatic rings. The van der Waals surface area contributed by atoms with E-state index in [9.17, 15) is 19.7 Å². The van der Waals surface area contributed by atoms with Gasteiger partial charge in [-0.1, -0.05) is 17.7 Å². The van der Waals surface area contributed by atoms with Crippen LogP contribution in [-0.4, -0.2) is 30.6 Å². The van der Waals surface area contributed by atoms with Gasteiger partial charge < -0.3 is 5.32 Å². The van der Waals surface area contributed by atoms with Gasteiger partial charge in [0.1, 0.15) is 11.5 Å². The lowest BCUT2D eigenvalue weighted by Gasteiger charge is -2.10. The van der Waals surface area contributed by atoms with E-state index in [-0.39, 0.29) is 33.6 Å². The van der Waals surface area contributed by atoms with Gasteiger partial charge in [0.15, 0.2) is 0 Å². The number of nitro benzene ring substituents is 1. The first-order valence-electron chi connectivity index (χ1n) is 9.92. The lowest BCUT2D eigenvalue weighted by Crippen LogP contribution is -2.21. The summed E-state index contributed by atoms with van der Waals surface area (Å²) in [4.78, 5) is 44.2. The minimum absolute atomic E-state index is 0.0618. The first kappa shape index (κ1) is 21.0. The molecular weight excluding hydrogens is 468 g/mol. The van der Waals surface area contributed by atoms with Crippen molar-refractivity contribution in [2.24, 2.45) is 0 Å². The number of halogens is 1. The summed E-state index contributed by atoms with van der Waals surface area (Å²) >= 11 is 7.59. The van der Waals surface area contributed by atoms with Crippen molar-refractivity contribution >= 4 is 40.4 Å². The minimum Gasteiger partial charge on any atom is -0.306 e. The molecule has 12 heteroatoms. The number of hydrogen-bond donors (Lipinski definition) is 2. The van der Waals surface area contributed by atoms with Crippen LogP contribution in [0.4, 0.5) is 11.5 Å². The molecule has 0 fully saturated rings. The third kappa shape index (κ3) is 3.92. The molecule has 1 aliphatic rings. The number of fused-ring (bicyclic) bond motifs is 1. The molecule has 0 bridgehead atoms. The fourth-order valence-corrected chi connectivity index (χ4v) is 4.57. The van der Waals surface area contributed by atoms with E-state index in [0.29, 0.717) is 29.8 Å². The van der Waals surface area contributed by atoms with Gasteiger partial charge in [0.2, 0.25) is 5.95 Å². The molecule has 2 N–H and O–H groups in total. The second kappa shape index (κ2) is 8.26. The summed E-state index contributed by atoms with van der Waals surface area (Å²) in [5, 5.41) is 20.3. The number of carbonyl (C=O) groups is 1. The average molecular weight is 483 g/mol. The van der Waals surface area contributed by atoms with E-state index in [2.05, 4.69) is 20.4 Å². The van der Waals surface area contributed by atoms with Crippen LogP contribution in [-0.2, 0) is 12.8 Å². The van der Waals surface area contributed by atoms with Gasteiger partial charge in [0.25, 0.3) is 17.2 Å². The molecule has 1 aliphatic carbocycles. The van der Waals surface area contributed by atoms with Crippen molar-refractivity contribution in [1.29, 1.82) is 0 Å². The van der Waals surface area contributed by atoms with Crippen molar-refractivity contribution in [1.82, 2.24) is 19.7 Å². The van der Waals surface area contributed by atoms with Crippen LogP contribution in [0.15, 0.2) is 46.6 Å². The second-order valence-corrected chi connectivity index (χ2v) is 8.70. The Hall–Kier alpha value is -3.83. The molecule has 0 saturated heterocycles. The molecule has 0 radical (unpaired) electrons. The van der Waals surface area contributed by atoms with Gasteiger partial charge in [-0.25, -0.2) is 4.98 Å². The number of aromatic nitrogens is 4. The number of nitrogens with one attached hydrogen (secondary N) is 2. The molecule has 3 aromatic heterocycles. The van der Waals surface area contributed by atoms with Gasteiger partial charge in [-0.05, 0) is 36.8 Å². The SMILES string of the molecule is O=C(Nc1cc(-c2cccs2)nn1-c1nc2c(c(=O)[nH]1)CCC2)c1cc([N+](=O)[O-])ccc1Cl. The number of nitrogens with zero attached hydrogens (tertiary/aromatic N) is 4. The third-order valence-electron chi connectivity index (χ3n) is 5.26. The molecule has 0 atom stereocenters. The molecule has 0 spiro atoms. The maximum atomic E-state index is 13.0. The van der Waals surface area contributed by atoms with Crippen LogP contribution in [0.1, 0.15) is 28.0 Å². The lowest BCUT2D eigenvalue weighted by atomic mass is 10.2. The number of aryl methyl sites for hydroxylation is 1. The highest BCUT2D eigenvalue weighted by atomic mass is 35.5. The molecule has 0 aliphatic heterocycles. The maximum absolute atomic E-state index is 13.0. The second-order valence-electron chi connectivity index (χ2n) is 7.35. The first-order chi connectivity index (χ1) is 15.9. The minimum atomic E-state index is -0.661. The van der Waals surface area contributed by atoms with Crippen LogP contribution in [0.25, 0.3) is 16.5 Å². The quantitative estimate of drug-likeness (QED) is 0.326. The number of non-ortho nitro benzene ring substituents is 1. The molecular formula is C21H15ClN6O4S. The van der Waals surface area contributed by atoms with Crippen molar-refractivity contribution in [3.8, 4) is 16.5 Å². The summed E-state index contributed by atoms with van der Waals surface area (Å²) < 4.78 is 1.35. The monoisotopic (exact) mass is 482 g/mol. The summed E-state index contributed by atoms with van der Waals surface area (Å²) in [6.07, 6.45) is 2.21. The van der Waals surface area contributed by atoms with Crippen LogP contribution in [0.3, 0.4) is 0 Å². The molecule has 1 amide bonds. The molecule has 5 rings (SSSR count). The van der Waals surface area contributed by atoms with Gasteiger partial charge in [-0.3, -0.25) is 24.7 Å². The van der Waals surface area contributed by atoms with Crippen LogP contribution >= 0.6 is 22.9 Å². The largest absolute Gasteiger partial charge is 0.306 e. The van der Waals surface area contributed by atoms with Crippen molar-refractivity contribution in [2.75, 3.05) is 5.32 Å². The molecule has 10 nitrogen and oxygen atoms in total. The van der Waals surface area contributed by atoms with Gasteiger partial charge in [-0.15, -0.1) is 11.3 Å². The van der Waals surface area contributed by atoms with E-state index in [1.807, 2.05) is 17.5 Å². The fourth-order valence-electron chi connectivity index (χ4n) is 3.69. The Morgan fingerprint density at radius 2 is 2.12 bits per heavy atom. The Bertz CT molecular complexity index is 1460. The Balaban J connectivity index is 1.58. The van der Waals surface area contributed by atoms with Crippen molar-refractivity contribution in [3.63, 3.8) is 0 Å². The predicted molar refractivity (Wildman–Crippen MR) is 123 cm³/mol. The zero-order chi connectivity index (χ0) is 23.1. The maximum Gasteiger partial charge on any atom is 0.270 e. The zero-order valence-electron chi connectivity index (χ0n) is 16.9.